The van der Waals surface area contributed by atoms with Crippen LogP contribution in [0.4, 0.5) is 11.5 Å². The Morgan fingerprint density at radius 3 is 3.15 bits per heavy atom. The lowest BCUT2D eigenvalue weighted by Crippen LogP contribution is -2.36. The van der Waals surface area contributed by atoms with Crippen LogP contribution in [0.25, 0.3) is 0 Å². The molecule has 2 N–H and O–H groups in total. The van der Waals surface area contributed by atoms with Crippen molar-refractivity contribution in [3.05, 3.63) is 11.5 Å². The highest BCUT2D eigenvalue weighted by molar-refractivity contribution is 6.28. The minimum absolute atomic E-state index is 0.0987. The van der Waals surface area contributed by atoms with Crippen LogP contribution in [-0.2, 0) is 4.79 Å². The molecule has 1 aliphatic heterocycles. The summed E-state index contributed by atoms with van der Waals surface area (Å²) in [4.78, 5) is 18.9. The van der Waals surface area contributed by atoms with Crippen LogP contribution in [-0.4, -0.2) is 21.9 Å². The summed E-state index contributed by atoms with van der Waals surface area (Å²) in [6.07, 6.45) is 1.47. The molecule has 1 atom stereocenters. The van der Waals surface area contributed by atoms with E-state index in [0.29, 0.717) is 11.5 Å². The fourth-order valence-corrected chi connectivity index (χ4v) is 1.21. The summed E-state index contributed by atoms with van der Waals surface area (Å²) < 4.78 is 0. The Labute approximate surface area is 79.5 Å². The summed E-state index contributed by atoms with van der Waals surface area (Å²) in [5, 5.41) is 5.72. The third kappa shape index (κ3) is 1.42. The lowest BCUT2D eigenvalue weighted by Gasteiger charge is -2.22. The van der Waals surface area contributed by atoms with Crippen LogP contribution in [0, 0.1) is 0 Å². The SMILES string of the molecule is C[C@@H]1Nc2nc(Cl)ncc2NC1=O. The first-order chi connectivity index (χ1) is 6.16. The molecule has 2 rings (SSSR count). The van der Waals surface area contributed by atoms with E-state index in [2.05, 4.69) is 20.6 Å². The number of nitrogens with one attached hydrogen (secondary N) is 2. The lowest BCUT2D eigenvalue weighted by atomic mass is 10.2. The van der Waals surface area contributed by atoms with Crippen LogP contribution >= 0.6 is 11.6 Å². The number of amides is 1. The van der Waals surface area contributed by atoms with Gasteiger partial charge in [0.15, 0.2) is 5.82 Å². The number of aromatic nitrogens is 2. The van der Waals surface area contributed by atoms with E-state index in [1.165, 1.54) is 6.20 Å². The zero-order valence-electron chi connectivity index (χ0n) is 6.84. The maximum atomic E-state index is 11.2. The van der Waals surface area contributed by atoms with Gasteiger partial charge in [0.05, 0.1) is 6.20 Å². The average Bonchev–Trinajstić information content (AvgIpc) is 2.08. The number of rotatable bonds is 0. The van der Waals surface area contributed by atoms with E-state index in [4.69, 9.17) is 11.6 Å². The highest BCUT2D eigenvalue weighted by Gasteiger charge is 2.22. The number of halogens is 1. The molecular formula is C7H7ClN4O. The molecule has 1 amide bonds. The van der Waals surface area contributed by atoms with Gasteiger partial charge in [0, 0.05) is 0 Å². The monoisotopic (exact) mass is 198 g/mol. The predicted molar refractivity (Wildman–Crippen MR) is 48.8 cm³/mol. The Balaban J connectivity index is 2.42. The number of nitrogens with zero attached hydrogens (tertiary/aromatic N) is 2. The van der Waals surface area contributed by atoms with Crippen LogP contribution in [0.3, 0.4) is 0 Å². The fraction of sp³-hybridized carbons (Fsp3) is 0.286. The molecule has 1 aliphatic rings. The second-order valence-corrected chi connectivity index (χ2v) is 3.09. The lowest BCUT2D eigenvalue weighted by molar-refractivity contribution is -0.116. The average molecular weight is 199 g/mol. The Kier molecular flexibility index (Phi) is 1.81. The molecule has 1 aromatic rings. The van der Waals surface area contributed by atoms with Gasteiger partial charge in [-0.3, -0.25) is 4.79 Å². The summed E-state index contributed by atoms with van der Waals surface area (Å²) in [5.74, 6) is 0.463. The number of hydrogen-bond donors (Lipinski definition) is 2. The molecule has 0 unspecified atom stereocenters. The first kappa shape index (κ1) is 8.25. The molecule has 0 aromatic carbocycles. The summed E-state index contributed by atoms with van der Waals surface area (Å²) in [5.41, 5.74) is 0.563. The van der Waals surface area contributed by atoms with Crippen LogP contribution in [0.2, 0.25) is 5.28 Å². The molecule has 0 saturated carbocycles. The molecule has 68 valence electrons. The van der Waals surface area contributed by atoms with Crippen LogP contribution in [0.1, 0.15) is 6.92 Å². The summed E-state index contributed by atoms with van der Waals surface area (Å²) >= 11 is 5.59. The molecular weight excluding hydrogens is 192 g/mol. The van der Waals surface area contributed by atoms with Crippen molar-refractivity contribution in [3.8, 4) is 0 Å². The zero-order valence-corrected chi connectivity index (χ0v) is 7.59. The molecule has 2 heterocycles. The van der Waals surface area contributed by atoms with E-state index < -0.39 is 0 Å². The minimum atomic E-state index is -0.293. The van der Waals surface area contributed by atoms with Gasteiger partial charge < -0.3 is 10.6 Å². The second kappa shape index (κ2) is 2.85. The fourth-order valence-electron chi connectivity index (χ4n) is 1.07. The maximum absolute atomic E-state index is 11.2. The molecule has 0 aliphatic carbocycles. The molecule has 5 nitrogen and oxygen atoms in total. The number of carbonyl (C=O) groups excluding carboxylic acids is 1. The van der Waals surface area contributed by atoms with Crippen molar-refractivity contribution >= 4 is 29.0 Å². The quantitative estimate of drug-likeness (QED) is 0.608. The number of hydrogen-bond acceptors (Lipinski definition) is 4. The Hall–Kier alpha value is -1.36. The van der Waals surface area contributed by atoms with Crippen LogP contribution in [0.15, 0.2) is 6.20 Å². The van der Waals surface area contributed by atoms with Gasteiger partial charge >= 0.3 is 0 Å². The van der Waals surface area contributed by atoms with Crippen molar-refractivity contribution in [2.45, 2.75) is 13.0 Å². The van der Waals surface area contributed by atoms with Gasteiger partial charge in [-0.05, 0) is 18.5 Å². The molecule has 0 radical (unpaired) electrons. The molecule has 13 heavy (non-hydrogen) atoms. The van der Waals surface area contributed by atoms with Crippen molar-refractivity contribution in [2.75, 3.05) is 10.6 Å². The van der Waals surface area contributed by atoms with E-state index >= 15 is 0 Å². The molecule has 6 heteroatoms. The van der Waals surface area contributed by atoms with E-state index in [1.54, 1.807) is 6.92 Å². The van der Waals surface area contributed by atoms with Crippen molar-refractivity contribution in [1.82, 2.24) is 9.97 Å². The Bertz CT molecular complexity index is 368. The van der Waals surface area contributed by atoms with Gasteiger partial charge in [-0.25, -0.2) is 4.98 Å². The first-order valence-electron chi connectivity index (χ1n) is 3.77. The Morgan fingerprint density at radius 2 is 2.38 bits per heavy atom. The topological polar surface area (TPSA) is 66.9 Å². The number of anilines is 2. The minimum Gasteiger partial charge on any atom is -0.357 e. The third-order valence-corrected chi connectivity index (χ3v) is 1.95. The number of carbonyl (C=O) groups is 1. The molecule has 0 spiro atoms. The van der Waals surface area contributed by atoms with E-state index in [-0.39, 0.29) is 17.2 Å². The normalized spacial score (nSPS) is 20.2. The third-order valence-electron chi connectivity index (χ3n) is 1.76. The van der Waals surface area contributed by atoms with Gasteiger partial charge in [0.2, 0.25) is 11.2 Å². The molecule has 0 bridgehead atoms. The molecule has 1 aromatic heterocycles. The van der Waals surface area contributed by atoms with Gasteiger partial charge in [-0.15, -0.1) is 0 Å². The highest BCUT2D eigenvalue weighted by atomic mass is 35.5. The van der Waals surface area contributed by atoms with Gasteiger partial charge in [-0.1, -0.05) is 0 Å². The largest absolute Gasteiger partial charge is 0.357 e. The summed E-state index contributed by atoms with van der Waals surface area (Å²) in [6, 6.07) is -0.293. The van der Waals surface area contributed by atoms with Crippen molar-refractivity contribution < 1.29 is 4.79 Å². The first-order valence-corrected chi connectivity index (χ1v) is 4.14. The Morgan fingerprint density at radius 1 is 1.62 bits per heavy atom. The smallest absolute Gasteiger partial charge is 0.246 e. The number of fused-ring (bicyclic) bond motifs is 1. The van der Waals surface area contributed by atoms with E-state index in [1.807, 2.05) is 0 Å². The molecule has 0 saturated heterocycles. The standard InChI is InChI=1S/C7H7ClN4O/c1-3-6(13)11-4-2-9-7(8)12-5(4)10-3/h2-3H,1H3,(H,11,13)(H,9,10,12)/t3-/m0/s1. The van der Waals surface area contributed by atoms with Gasteiger partial charge in [-0.2, -0.15) is 4.98 Å². The van der Waals surface area contributed by atoms with Crippen LogP contribution < -0.4 is 10.6 Å². The summed E-state index contributed by atoms with van der Waals surface area (Å²) in [6.45, 7) is 1.74. The van der Waals surface area contributed by atoms with Crippen molar-refractivity contribution in [1.29, 1.82) is 0 Å². The maximum Gasteiger partial charge on any atom is 0.246 e. The van der Waals surface area contributed by atoms with Crippen molar-refractivity contribution in [2.24, 2.45) is 0 Å². The van der Waals surface area contributed by atoms with Gasteiger partial charge in [0.25, 0.3) is 0 Å². The summed E-state index contributed by atoms with van der Waals surface area (Å²) in [7, 11) is 0. The van der Waals surface area contributed by atoms with E-state index in [9.17, 15) is 4.79 Å². The highest BCUT2D eigenvalue weighted by Crippen LogP contribution is 2.23. The molecule has 0 fully saturated rings. The zero-order chi connectivity index (χ0) is 9.42. The van der Waals surface area contributed by atoms with Crippen LogP contribution in [0.5, 0.6) is 0 Å². The van der Waals surface area contributed by atoms with Crippen molar-refractivity contribution in [3.63, 3.8) is 0 Å². The van der Waals surface area contributed by atoms with Gasteiger partial charge in [0.1, 0.15) is 11.7 Å². The predicted octanol–water partition coefficient (Wildman–Crippen LogP) is 0.882. The second-order valence-electron chi connectivity index (χ2n) is 2.76. The van der Waals surface area contributed by atoms with E-state index in [0.717, 1.165) is 0 Å².